The monoisotopic (exact) mass is 494 g/mol. The van der Waals surface area contributed by atoms with E-state index < -0.39 is 6.10 Å². The Labute approximate surface area is 212 Å². The average Bonchev–Trinajstić information content (AvgIpc) is 3.45. The van der Waals surface area contributed by atoms with Gasteiger partial charge < -0.3 is 24.8 Å². The van der Waals surface area contributed by atoms with Gasteiger partial charge in [-0.15, -0.1) is 0 Å². The molecule has 3 saturated heterocycles. The second kappa shape index (κ2) is 9.24. The van der Waals surface area contributed by atoms with Crippen LogP contribution >= 0.6 is 0 Å². The van der Waals surface area contributed by atoms with Crippen molar-refractivity contribution < 1.29 is 19.4 Å². The summed E-state index contributed by atoms with van der Waals surface area (Å²) in [7, 11) is 0. The largest absolute Gasteiger partial charge is 0.389 e. The van der Waals surface area contributed by atoms with Gasteiger partial charge in [0, 0.05) is 62.6 Å². The highest BCUT2D eigenvalue weighted by molar-refractivity contribution is 5.97. The number of aliphatic hydroxyl groups excluding tert-OH is 1. The normalized spacial score (nSPS) is 30.1. The molecule has 8 nitrogen and oxygen atoms in total. The molecule has 4 aliphatic rings. The number of rotatable bonds is 5. The number of carbonyl (C=O) groups excluding carboxylic acids is 1. The van der Waals surface area contributed by atoms with E-state index in [2.05, 4.69) is 46.1 Å². The Morgan fingerprint density at radius 1 is 1.14 bits per heavy atom. The molecule has 1 amide bonds. The number of hydrogen-bond donors (Lipinski definition) is 2. The Morgan fingerprint density at radius 2 is 1.92 bits per heavy atom. The number of anilines is 2. The summed E-state index contributed by atoms with van der Waals surface area (Å²) >= 11 is 0. The van der Waals surface area contributed by atoms with Crippen molar-refractivity contribution in [2.45, 2.75) is 51.2 Å². The summed E-state index contributed by atoms with van der Waals surface area (Å²) in [5, 5.41) is 15.9. The SMILES string of the molecule is CC[C@]1(N2CCN(c3cc4cc(NC(=O)[C@@H]5CC56CCOCC6)ncc4cc3C)CC2)COC[C@H]1O. The smallest absolute Gasteiger partial charge is 0.229 e. The van der Waals surface area contributed by atoms with Gasteiger partial charge in [-0.3, -0.25) is 9.69 Å². The number of nitrogens with one attached hydrogen (secondary N) is 1. The van der Waals surface area contributed by atoms with Crippen LogP contribution in [0.25, 0.3) is 10.8 Å². The number of amides is 1. The van der Waals surface area contributed by atoms with Crippen molar-refractivity contribution in [1.29, 1.82) is 0 Å². The summed E-state index contributed by atoms with van der Waals surface area (Å²) in [5.41, 5.74) is 2.35. The van der Waals surface area contributed by atoms with E-state index >= 15 is 0 Å². The molecule has 3 aliphatic heterocycles. The van der Waals surface area contributed by atoms with Crippen molar-refractivity contribution in [3.05, 3.63) is 30.0 Å². The van der Waals surface area contributed by atoms with Crippen molar-refractivity contribution >= 4 is 28.2 Å². The van der Waals surface area contributed by atoms with Crippen molar-refractivity contribution in [3.8, 4) is 0 Å². The maximum Gasteiger partial charge on any atom is 0.229 e. The zero-order chi connectivity index (χ0) is 24.9. The Balaban J connectivity index is 1.16. The molecule has 4 heterocycles. The second-order valence-corrected chi connectivity index (χ2v) is 11.2. The summed E-state index contributed by atoms with van der Waals surface area (Å²) in [4.78, 5) is 22.3. The van der Waals surface area contributed by atoms with Gasteiger partial charge in [0.1, 0.15) is 5.82 Å². The molecule has 4 fully saturated rings. The first-order valence-corrected chi connectivity index (χ1v) is 13.5. The Morgan fingerprint density at radius 3 is 2.61 bits per heavy atom. The van der Waals surface area contributed by atoms with Crippen LogP contribution < -0.4 is 10.2 Å². The molecule has 6 rings (SSSR count). The third kappa shape index (κ3) is 4.08. The summed E-state index contributed by atoms with van der Waals surface area (Å²) in [6.45, 7) is 10.5. The van der Waals surface area contributed by atoms with Crippen molar-refractivity contribution in [2.75, 3.05) is 62.8 Å². The summed E-state index contributed by atoms with van der Waals surface area (Å²) in [5.74, 6) is 0.801. The highest BCUT2D eigenvalue weighted by Crippen LogP contribution is 2.59. The lowest BCUT2D eigenvalue weighted by Crippen LogP contribution is -2.62. The third-order valence-corrected chi connectivity index (χ3v) is 9.39. The first kappa shape index (κ1) is 24.1. The van der Waals surface area contributed by atoms with Gasteiger partial charge >= 0.3 is 0 Å². The number of pyridine rings is 1. The molecule has 0 radical (unpaired) electrons. The van der Waals surface area contributed by atoms with E-state index in [0.29, 0.717) is 19.0 Å². The predicted molar refractivity (Wildman–Crippen MR) is 139 cm³/mol. The van der Waals surface area contributed by atoms with E-state index in [0.717, 1.165) is 75.8 Å². The van der Waals surface area contributed by atoms with Gasteiger partial charge in [0.15, 0.2) is 0 Å². The van der Waals surface area contributed by atoms with Gasteiger partial charge in [-0.1, -0.05) is 6.92 Å². The fourth-order valence-corrected chi connectivity index (χ4v) is 6.82. The molecule has 1 aliphatic carbocycles. The number of ether oxygens (including phenoxy) is 2. The Hall–Kier alpha value is -2.26. The molecular formula is C28H38N4O4. The standard InChI is InChI=1S/C28H38N4O4/c1-3-28(18-36-17-24(28)33)32-8-6-31(7-9-32)23-13-20-14-25(29-16-21(20)12-19(23)2)30-26(34)22-15-27(22)4-10-35-11-5-27/h12-14,16,22,24,33H,3-11,15,17-18H2,1-2H3,(H,29,30,34)/t22-,24+,28-/m0/s1. The van der Waals surface area contributed by atoms with Gasteiger partial charge in [-0.2, -0.15) is 0 Å². The highest BCUT2D eigenvalue weighted by atomic mass is 16.5. The van der Waals surface area contributed by atoms with Crippen molar-refractivity contribution in [1.82, 2.24) is 9.88 Å². The predicted octanol–water partition coefficient (Wildman–Crippen LogP) is 2.96. The molecule has 1 spiro atoms. The van der Waals surface area contributed by atoms with E-state index in [1.165, 1.54) is 11.3 Å². The van der Waals surface area contributed by atoms with Crippen LogP contribution in [0.15, 0.2) is 24.4 Å². The van der Waals surface area contributed by atoms with Crippen LogP contribution in [0.5, 0.6) is 0 Å². The number of aryl methyl sites for hydroxylation is 1. The van der Waals surface area contributed by atoms with Crippen molar-refractivity contribution in [2.24, 2.45) is 11.3 Å². The van der Waals surface area contributed by atoms with Gasteiger partial charge in [0.2, 0.25) is 5.91 Å². The van der Waals surface area contributed by atoms with Crippen LogP contribution in [0.2, 0.25) is 0 Å². The fraction of sp³-hybridized carbons (Fsp3) is 0.643. The van der Waals surface area contributed by atoms with Crippen LogP contribution in [0.1, 0.15) is 38.2 Å². The fourth-order valence-electron chi connectivity index (χ4n) is 6.82. The number of carbonyl (C=O) groups is 1. The van der Waals surface area contributed by atoms with Crippen molar-refractivity contribution in [3.63, 3.8) is 0 Å². The molecule has 194 valence electrons. The molecular weight excluding hydrogens is 456 g/mol. The van der Waals surface area contributed by atoms with Crippen LogP contribution in [0.4, 0.5) is 11.5 Å². The van der Waals surface area contributed by atoms with E-state index in [1.807, 2.05) is 12.3 Å². The highest BCUT2D eigenvalue weighted by Gasteiger charge is 2.58. The lowest BCUT2D eigenvalue weighted by molar-refractivity contribution is -0.118. The third-order valence-electron chi connectivity index (χ3n) is 9.39. The minimum absolute atomic E-state index is 0.0824. The Kier molecular flexibility index (Phi) is 6.19. The number of fused-ring (bicyclic) bond motifs is 1. The molecule has 1 saturated carbocycles. The topological polar surface area (TPSA) is 87.2 Å². The molecule has 2 aromatic rings. The van der Waals surface area contributed by atoms with E-state index in [4.69, 9.17) is 9.47 Å². The second-order valence-electron chi connectivity index (χ2n) is 11.2. The number of aliphatic hydroxyl groups is 1. The number of aromatic nitrogens is 1. The molecule has 3 atom stereocenters. The number of benzene rings is 1. The lowest BCUT2D eigenvalue weighted by Gasteiger charge is -2.47. The Bertz CT molecular complexity index is 1140. The van der Waals surface area contributed by atoms with E-state index in [1.54, 1.807) is 0 Å². The van der Waals surface area contributed by atoms with E-state index in [-0.39, 0.29) is 22.8 Å². The lowest BCUT2D eigenvalue weighted by atomic mass is 9.89. The number of piperazine rings is 1. The molecule has 36 heavy (non-hydrogen) atoms. The molecule has 2 N–H and O–H groups in total. The minimum atomic E-state index is -0.422. The maximum atomic E-state index is 12.9. The quantitative estimate of drug-likeness (QED) is 0.661. The summed E-state index contributed by atoms with van der Waals surface area (Å²) in [6, 6.07) is 6.43. The van der Waals surface area contributed by atoms with Crippen LogP contribution in [0.3, 0.4) is 0 Å². The first-order valence-electron chi connectivity index (χ1n) is 13.5. The zero-order valence-corrected chi connectivity index (χ0v) is 21.5. The van der Waals surface area contributed by atoms with E-state index in [9.17, 15) is 9.90 Å². The maximum absolute atomic E-state index is 12.9. The molecule has 1 aromatic carbocycles. The molecule has 8 heteroatoms. The summed E-state index contributed by atoms with van der Waals surface area (Å²) in [6.07, 6.45) is 5.27. The first-order chi connectivity index (χ1) is 17.4. The molecule has 0 bridgehead atoms. The van der Waals surface area contributed by atoms with Gasteiger partial charge in [0.05, 0.1) is 24.9 Å². The van der Waals surface area contributed by atoms with Gasteiger partial charge in [-0.05, 0) is 67.2 Å². The van der Waals surface area contributed by atoms with Crippen LogP contribution in [-0.2, 0) is 14.3 Å². The van der Waals surface area contributed by atoms with Gasteiger partial charge in [-0.25, -0.2) is 4.98 Å². The molecule has 0 unspecified atom stereocenters. The van der Waals surface area contributed by atoms with Crippen LogP contribution in [-0.4, -0.2) is 85.1 Å². The number of hydrogen-bond acceptors (Lipinski definition) is 7. The zero-order valence-electron chi connectivity index (χ0n) is 21.5. The van der Waals surface area contributed by atoms with Crippen LogP contribution in [0, 0.1) is 18.3 Å². The van der Waals surface area contributed by atoms with Gasteiger partial charge in [0.25, 0.3) is 0 Å². The molecule has 1 aromatic heterocycles. The average molecular weight is 495 g/mol. The minimum Gasteiger partial charge on any atom is -0.389 e. The number of nitrogens with zero attached hydrogens (tertiary/aromatic N) is 3. The summed E-state index contributed by atoms with van der Waals surface area (Å²) < 4.78 is 11.1.